The number of anilines is 1. The van der Waals surface area contributed by atoms with E-state index in [1.54, 1.807) is 25.0 Å². The number of esters is 1. The molecule has 0 amide bonds. The van der Waals surface area contributed by atoms with E-state index >= 15 is 0 Å². The van der Waals surface area contributed by atoms with Crippen molar-refractivity contribution in [2.24, 2.45) is 14.1 Å². The van der Waals surface area contributed by atoms with E-state index in [1.165, 1.54) is 23.9 Å². The topological polar surface area (TPSA) is 132 Å². The highest BCUT2D eigenvalue weighted by Crippen LogP contribution is 2.28. The maximum atomic E-state index is 12.9. The number of rotatable bonds is 10. The van der Waals surface area contributed by atoms with Crippen molar-refractivity contribution < 1.29 is 19.0 Å². The van der Waals surface area contributed by atoms with Crippen LogP contribution in [0.3, 0.4) is 0 Å². The smallest absolute Gasteiger partial charge is 0.339 e. The maximum Gasteiger partial charge on any atom is 0.339 e. The van der Waals surface area contributed by atoms with Gasteiger partial charge in [-0.2, -0.15) is 5.10 Å². The normalized spacial score (nSPS) is 13.7. The Labute approximate surface area is 219 Å². The first-order valence-corrected chi connectivity index (χ1v) is 12.3. The van der Waals surface area contributed by atoms with E-state index in [0.29, 0.717) is 55.9 Å². The van der Waals surface area contributed by atoms with Crippen LogP contribution in [0.1, 0.15) is 10.4 Å². The monoisotopic (exact) mass is 521 g/mol. The van der Waals surface area contributed by atoms with E-state index in [0.717, 1.165) is 17.6 Å². The van der Waals surface area contributed by atoms with Crippen LogP contribution < -0.4 is 16.0 Å². The second kappa shape index (κ2) is 10.7. The van der Waals surface area contributed by atoms with Gasteiger partial charge in [0, 0.05) is 39.9 Å². The van der Waals surface area contributed by atoms with E-state index < -0.39 is 5.97 Å². The Hall–Kier alpha value is -4.16. The minimum atomic E-state index is -0.530. The van der Waals surface area contributed by atoms with Crippen LogP contribution in [-0.4, -0.2) is 80.8 Å². The number of carbonyl (C=O) groups is 1. The molecule has 0 aliphatic carbocycles. The molecule has 38 heavy (non-hydrogen) atoms. The third kappa shape index (κ3) is 4.87. The lowest BCUT2D eigenvalue weighted by molar-refractivity contribution is -0.0682. The van der Waals surface area contributed by atoms with Crippen molar-refractivity contribution in [2.75, 3.05) is 45.8 Å². The molecule has 4 aromatic rings. The van der Waals surface area contributed by atoms with Crippen molar-refractivity contribution in [3.63, 3.8) is 0 Å². The van der Waals surface area contributed by atoms with Crippen LogP contribution in [0, 0.1) is 0 Å². The highest BCUT2D eigenvalue weighted by Gasteiger charge is 2.26. The van der Waals surface area contributed by atoms with Crippen molar-refractivity contribution in [3.05, 3.63) is 58.6 Å². The molecular weight excluding hydrogens is 490 g/mol. The molecule has 4 heterocycles. The number of hydrogen-bond acceptors (Lipinski definition) is 9. The molecule has 1 aliphatic heterocycles. The molecule has 12 nitrogen and oxygen atoms in total. The second-order valence-corrected chi connectivity index (χ2v) is 9.22. The van der Waals surface area contributed by atoms with Crippen molar-refractivity contribution in [2.45, 2.75) is 12.6 Å². The number of imidazole rings is 1. The van der Waals surface area contributed by atoms with Crippen LogP contribution in [0.5, 0.6) is 5.88 Å². The molecule has 1 aliphatic rings. The average molecular weight is 522 g/mol. The van der Waals surface area contributed by atoms with Crippen molar-refractivity contribution in [1.29, 1.82) is 0 Å². The zero-order chi connectivity index (χ0) is 26.8. The number of fused-ring (bicyclic) bond motifs is 1. The third-order valence-electron chi connectivity index (χ3n) is 6.83. The Morgan fingerprint density at radius 3 is 2.74 bits per heavy atom. The van der Waals surface area contributed by atoms with E-state index in [9.17, 15) is 9.59 Å². The molecule has 0 radical (unpaired) electrons. The van der Waals surface area contributed by atoms with Gasteiger partial charge in [0.1, 0.15) is 6.61 Å². The molecule has 3 aromatic heterocycles. The Bertz CT molecular complexity index is 1520. The van der Waals surface area contributed by atoms with E-state index in [1.807, 2.05) is 28.8 Å². The largest absolute Gasteiger partial charge is 0.476 e. The molecule has 2 N–H and O–H groups in total. The summed E-state index contributed by atoms with van der Waals surface area (Å²) in [6.07, 6.45) is 3.01. The van der Waals surface area contributed by atoms with Gasteiger partial charge >= 0.3 is 5.97 Å². The van der Waals surface area contributed by atoms with E-state index in [2.05, 4.69) is 15.0 Å². The number of hydrogen-bond donors (Lipinski definition) is 1. The van der Waals surface area contributed by atoms with Gasteiger partial charge < -0.3 is 29.1 Å². The number of nitrogens with zero attached hydrogens (tertiary/aromatic N) is 6. The third-order valence-corrected chi connectivity index (χ3v) is 6.83. The van der Waals surface area contributed by atoms with Gasteiger partial charge in [-0.05, 0) is 18.2 Å². The molecular formula is C26H31N7O5. The van der Waals surface area contributed by atoms with Gasteiger partial charge in [0.05, 0.1) is 60.3 Å². The predicted molar refractivity (Wildman–Crippen MR) is 141 cm³/mol. The van der Waals surface area contributed by atoms with Crippen molar-refractivity contribution in [1.82, 2.24) is 28.8 Å². The summed E-state index contributed by atoms with van der Waals surface area (Å²) in [4.78, 5) is 31.8. The molecule has 0 spiro atoms. The van der Waals surface area contributed by atoms with Crippen LogP contribution in [0.15, 0.2) is 47.5 Å². The predicted octanol–water partition coefficient (Wildman–Crippen LogP) is 1.28. The fraction of sp³-hybridized carbons (Fsp3) is 0.385. The molecule has 1 saturated heterocycles. The first-order valence-electron chi connectivity index (χ1n) is 12.3. The summed E-state index contributed by atoms with van der Waals surface area (Å²) in [6.45, 7) is 3.73. The molecule has 0 saturated carbocycles. The number of aryl methyl sites for hydroxylation is 2. The Morgan fingerprint density at radius 1 is 1.21 bits per heavy atom. The Balaban J connectivity index is 1.31. The summed E-state index contributed by atoms with van der Waals surface area (Å²) < 4.78 is 21.4. The summed E-state index contributed by atoms with van der Waals surface area (Å²) in [5.41, 5.74) is 8.88. The first-order chi connectivity index (χ1) is 18.4. The first kappa shape index (κ1) is 25.5. The van der Waals surface area contributed by atoms with Gasteiger partial charge in [-0.25, -0.2) is 14.5 Å². The van der Waals surface area contributed by atoms with Gasteiger partial charge in [0.25, 0.3) is 5.56 Å². The van der Waals surface area contributed by atoms with Crippen LogP contribution >= 0.6 is 0 Å². The summed E-state index contributed by atoms with van der Waals surface area (Å²) >= 11 is 0. The van der Waals surface area contributed by atoms with E-state index in [-0.39, 0.29) is 17.2 Å². The second-order valence-electron chi connectivity index (χ2n) is 9.22. The minimum Gasteiger partial charge on any atom is -0.476 e. The quantitative estimate of drug-likeness (QED) is 0.307. The Morgan fingerprint density at radius 2 is 2.00 bits per heavy atom. The number of para-hydroxylation sites is 2. The zero-order valence-corrected chi connectivity index (χ0v) is 21.7. The highest BCUT2D eigenvalue weighted by atomic mass is 16.5. The number of ether oxygens (including phenoxy) is 3. The molecule has 1 aromatic carbocycles. The zero-order valence-electron chi connectivity index (χ0n) is 21.7. The van der Waals surface area contributed by atoms with Gasteiger partial charge in [-0.1, -0.05) is 12.1 Å². The van der Waals surface area contributed by atoms with Gasteiger partial charge in [-0.15, -0.1) is 0 Å². The standard InChI is InChI=1S/C26H31N7O5/c1-30-14-17(25(35)36-3)12-19(23(30)34)20-13-28-31(2)24(20)38-11-10-32(18-15-37-16-18)8-9-33-22-7-5-4-6-21(22)29-26(33)27/h4-7,12-14,18H,8-11,15-16H2,1-3H3,(H2,27,29). The molecule has 12 heteroatoms. The van der Waals surface area contributed by atoms with Crippen LogP contribution in [0.4, 0.5) is 5.95 Å². The molecule has 200 valence electrons. The summed E-state index contributed by atoms with van der Waals surface area (Å²) in [5.74, 6) is 0.402. The lowest BCUT2D eigenvalue weighted by Crippen LogP contribution is -2.51. The molecule has 0 unspecified atom stereocenters. The molecule has 1 fully saturated rings. The lowest BCUT2D eigenvalue weighted by Gasteiger charge is -2.37. The number of aromatic nitrogens is 5. The maximum absolute atomic E-state index is 12.9. The fourth-order valence-electron chi connectivity index (χ4n) is 4.64. The summed E-state index contributed by atoms with van der Waals surface area (Å²) in [7, 11) is 4.64. The van der Waals surface area contributed by atoms with Crippen molar-refractivity contribution >= 4 is 23.0 Å². The number of nitrogens with two attached hydrogens (primary N) is 1. The van der Waals surface area contributed by atoms with Gasteiger partial charge in [-0.3, -0.25) is 9.69 Å². The number of nitrogen functional groups attached to an aromatic ring is 1. The number of pyridine rings is 1. The number of methoxy groups -OCH3 is 1. The summed E-state index contributed by atoms with van der Waals surface area (Å²) in [6, 6.07) is 9.68. The molecule has 0 atom stereocenters. The Kier molecular flexibility index (Phi) is 7.16. The van der Waals surface area contributed by atoms with Crippen LogP contribution in [0.25, 0.3) is 22.2 Å². The highest BCUT2D eigenvalue weighted by molar-refractivity contribution is 5.90. The van der Waals surface area contributed by atoms with Gasteiger partial charge in [0.2, 0.25) is 11.8 Å². The van der Waals surface area contributed by atoms with Crippen molar-refractivity contribution in [3.8, 4) is 17.0 Å². The average Bonchev–Trinajstić information content (AvgIpc) is 3.40. The van der Waals surface area contributed by atoms with Crippen LogP contribution in [-0.2, 0) is 30.1 Å². The number of carbonyl (C=O) groups excluding carboxylic acids is 1. The fourth-order valence-corrected chi connectivity index (χ4v) is 4.64. The minimum absolute atomic E-state index is 0.266. The SMILES string of the molecule is COC(=O)c1cc(-c2cnn(C)c2OCCN(CCn2c(N)nc3ccccc32)C2COC2)c(=O)n(C)c1. The summed E-state index contributed by atoms with van der Waals surface area (Å²) in [5, 5.41) is 4.30. The van der Waals surface area contributed by atoms with E-state index in [4.69, 9.17) is 19.9 Å². The molecule has 0 bridgehead atoms. The number of benzene rings is 1. The van der Waals surface area contributed by atoms with Crippen LogP contribution in [0.2, 0.25) is 0 Å². The van der Waals surface area contributed by atoms with Gasteiger partial charge in [0.15, 0.2) is 0 Å². The molecule has 5 rings (SSSR count). The lowest BCUT2D eigenvalue weighted by atomic mass is 10.1.